The van der Waals surface area contributed by atoms with Gasteiger partial charge in [-0.05, 0) is 44.8 Å². The molecule has 0 spiro atoms. The van der Waals surface area contributed by atoms with Crippen LogP contribution in [0.1, 0.15) is 51.9 Å². The highest BCUT2D eigenvalue weighted by Crippen LogP contribution is 2.32. The molecule has 1 saturated heterocycles. The third kappa shape index (κ3) is 5.28. The number of ketones is 1. The Morgan fingerprint density at radius 3 is 2.78 bits per heavy atom. The molecule has 3 amide bonds. The minimum absolute atomic E-state index is 0.0732. The summed E-state index contributed by atoms with van der Waals surface area (Å²) in [7, 11) is 0. The molecule has 3 aliphatic carbocycles. The van der Waals surface area contributed by atoms with Crippen LogP contribution in [0.25, 0.3) is 0 Å². The van der Waals surface area contributed by atoms with Gasteiger partial charge in [0.15, 0.2) is 5.78 Å². The molecule has 0 radical (unpaired) electrons. The fraction of sp³-hybridized carbons (Fsp3) is 0.556. The van der Waals surface area contributed by atoms with Crippen molar-refractivity contribution in [2.45, 2.75) is 64.0 Å². The van der Waals surface area contributed by atoms with Gasteiger partial charge in [-0.3, -0.25) is 14.6 Å². The van der Waals surface area contributed by atoms with Crippen LogP contribution in [0.15, 0.2) is 51.2 Å². The van der Waals surface area contributed by atoms with E-state index in [1.54, 1.807) is 4.90 Å². The molecule has 5 aliphatic rings. The summed E-state index contributed by atoms with van der Waals surface area (Å²) in [6.07, 6.45) is 13.4. The van der Waals surface area contributed by atoms with E-state index in [9.17, 15) is 14.4 Å². The molecule has 1 saturated carbocycles. The zero-order valence-electron chi connectivity index (χ0n) is 20.7. The first-order chi connectivity index (χ1) is 17.4. The second kappa shape index (κ2) is 10.6. The quantitative estimate of drug-likeness (QED) is 0.465. The number of allylic oxidation sites excluding steroid dienone is 5. The number of nitrogens with zero attached hydrogens (tertiary/aromatic N) is 2. The molecule has 3 atom stereocenters. The number of rotatable bonds is 8. The minimum Gasteiger partial charge on any atom is -0.346 e. The van der Waals surface area contributed by atoms with Crippen LogP contribution in [0.4, 0.5) is 4.79 Å². The molecule has 36 heavy (non-hydrogen) atoms. The molecule has 192 valence electrons. The number of nitrogens with one attached hydrogen (secondary N) is 3. The van der Waals surface area contributed by atoms with E-state index in [1.807, 2.05) is 31.2 Å². The molecule has 2 heterocycles. The number of Topliss-reactive ketones (excluding diaryl/α,β-unsaturated/α-hetero) is 1. The van der Waals surface area contributed by atoms with Crippen LogP contribution in [0.3, 0.4) is 0 Å². The third-order valence-electron chi connectivity index (χ3n) is 7.85. The Bertz CT molecular complexity index is 1100. The molecule has 2 unspecified atom stereocenters. The topological polar surface area (TPSA) is 103 Å². The van der Waals surface area contributed by atoms with E-state index in [-0.39, 0.29) is 41.6 Å². The molecule has 5 rings (SSSR count). The Balaban J connectivity index is 1.26. The van der Waals surface area contributed by atoms with Gasteiger partial charge in [0.2, 0.25) is 5.91 Å². The second-order valence-corrected chi connectivity index (χ2v) is 10.9. The molecule has 0 aromatic carbocycles. The molecule has 0 aromatic heterocycles. The molecule has 2 aliphatic heterocycles. The van der Waals surface area contributed by atoms with Crippen LogP contribution in [0.5, 0.6) is 0 Å². The standard InChI is InChI=1S/C27H34ClN5O3/c1-16-14-18(6-8-20(16)24(34)17-4-2-3-5-17)26(35)32-22(10-12-33-13-11-29-27(33)36)25-30-21-9-7-19(28)15-23(21)31-25/h6-9,17-18,22-23H,2-5,10-15H2,1H3,(H,29,36)(H,30,31)(H,32,35)/t18?,22-,23?/m0/s1. The normalized spacial score (nSPS) is 26.7. The Labute approximate surface area is 217 Å². The SMILES string of the molecule is CC1=C(C(=O)C2CCCC2)C=CC(C(=O)N[C@@H](CCN2CCNC2=O)C2=NC3CC(Cl)=CC=C3N2)C1. The van der Waals surface area contributed by atoms with Gasteiger partial charge < -0.3 is 20.9 Å². The number of urea groups is 1. The van der Waals surface area contributed by atoms with Gasteiger partial charge in [0.05, 0.1) is 18.0 Å². The van der Waals surface area contributed by atoms with E-state index >= 15 is 0 Å². The first kappa shape index (κ1) is 24.8. The van der Waals surface area contributed by atoms with Crippen LogP contribution in [0.2, 0.25) is 0 Å². The van der Waals surface area contributed by atoms with Crippen molar-refractivity contribution in [3.63, 3.8) is 0 Å². The number of amides is 3. The van der Waals surface area contributed by atoms with Gasteiger partial charge in [-0.1, -0.05) is 42.2 Å². The highest BCUT2D eigenvalue weighted by molar-refractivity contribution is 6.29. The lowest BCUT2D eigenvalue weighted by atomic mass is 9.84. The van der Waals surface area contributed by atoms with E-state index in [4.69, 9.17) is 16.6 Å². The maximum Gasteiger partial charge on any atom is 0.317 e. The summed E-state index contributed by atoms with van der Waals surface area (Å²) in [6.45, 7) is 3.76. The van der Waals surface area contributed by atoms with Crippen molar-refractivity contribution < 1.29 is 14.4 Å². The number of aliphatic imine (C=N–C) groups is 1. The van der Waals surface area contributed by atoms with Crippen molar-refractivity contribution >= 4 is 35.2 Å². The van der Waals surface area contributed by atoms with Gasteiger partial charge in [0.25, 0.3) is 0 Å². The maximum atomic E-state index is 13.4. The van der Waals surface area contributed by atoms with Crippen LogP contribution in [-0.2, 0) is 9.59 Å². The molecule has 8 nitrogen and oxygen atoms in total. The number of halogens is 1. The lowest BCUT2D eigenvalue weighted by Crippen LogP contribution is -2.48. The summed E-state index contributed by atoms with van der Waals surface area (Å²) in [5.41, 5.74) is 2.73. The Hall–Kier alpha value is -2.87. The largest absolute Gasteiger partial charge is 0.346 e. The first-order valence-electron chi connectivity index (χ1n) is 13.1. The predicted molar refractivity (Wildman–Crippen MR) is 139 cm³/mol. The molecular formula is C27H34ClN5O3. The summed E-state index contributed by atoms with van der Waals surface area (Å²) < 4.78 is 0. The molecule has 0 aromatic rings. The van der Waals surface area contributed by atoms with Crippen molar-refractivity contribution in [2.75, 3.05) is 19.6 Å². The van der Waals surface area contributed by atoms with Gasteiger partial charge in [-0.25, -0.2) is 4.79 Å². The third-order valence-corrected chi connectivity index (χ3v) is 8.13. The van der Waals surface area contributed by atoms with Crippen molar-refractivity contribution in [1.82, 2.24) is 20.9 Å². The number of carbonyl (C=O) groups excluding carboxylic acids is 3. The fourth-order valence-electron chi connectivity index (χ4n) is 5.73. The van der Waals surface area contributed by atoms with Gasteiger partial charge in [-0.2, -0.15) is 0 Å². The van der Waals surface area contributed by atoms with Gasteiger partial charge in [-0.15, -0.1) is 0 Å². The van der Waals surface area contributed by atoms with Gasteiger partial charge in [0, 0.05) is 48.3 Å². The number of hydrogen-bond acceptors (Lipinski definition) is 5. The van der Waals surface area contributed by atoms with E-state index in [2.05, 4.69) is 16.0 Å². The summed E-state index contributed by atoms with van der Waals surface area (Å²) in [6, 6.07) is -0.518. The molecule has 9 heteroatoms. The highest BCUT2D eigenvalue weighted by atomic mass is 35.5. The molecule has 0 bridgehead atoms. The monoisotopic (exact) mass is 511 g/mol. The van der Waals surface area contributed by atoms with Crippen LogP contribution < -0.4 is 16.0 Å². The van der Waals surface area contributed by atoms with Crippen LogP contribution >= 0.6 is 11.6 Å². The first-order valence-corrected chi connectivity index (χ1v) is 13.4. The summed E-state index contributed by atoms with van der Waals surface area (Å²) in [5.74, 6) is 0.614. The number of hydrogen-bond donors (Lipinski definition) is 3. The van der Waals surface area contributed by atoms with E-state index in [0.717, 1.165) is 47.6 Å². The van der Waals surface area contributed by atoms with Gasteiger partial charge >= 0.3 is 6.03 Å². The fourth-order valence-corrected chi connectivity index (χ4v) is 5.94. The number of fused-ring (bicyclic) bond motifs is 1. The molecule has 2 fully saturated rings. The van der Waals surface area contributed by atoms with Crippen LogP contribution in [-0.4, -0.2) is 60.2 Å². The van der Waals surface area contributed by atoms with E-state index in [1.165, 1.54) is 0 Å². The second-order valence-electron chi connectivity index (χ2n) is 10.4. The molecular weight excluding hydrogens is 478 g/mol. The van der Waals surface area contributed by atoms with Crippen molar-refractivity contribution in [3.8, 4) is 0 Å². The van der Waals surface area contributed by atoms with Crippen molar-refractivity contribution in [2.24, 2.45) is 16.8 Å². The van der Waals surface area contributed by atoms with E-state index in [0.29, 0.717) is 44.7 Å². The smallest absolute Gasteiger partial charge is 0.317 e. The molecule has 3 N–H and O–H groups in total. The summed E-state index contributed by atoms with van der Waals surface area (Å²) in [5, 5.41) is 10.1. The summed E-state index contributed by atoms with van der Waals surface area (Å²) >= 11 is 6.21. The van der Waals surface area contributed by atoms with Crippen molar-refractivity contribution in [3.05, 3.63) is 46.2 Å². The van der Waals surface area contributed by atoms with Gasteiger partial charge in [0.1, 0.15) is 5.84 Å². The van der Waals surface area contributed by atoms with Crippen molar-refractivity contribution in [1.29, 1.82) is 0 Å². The zero-order valence-corrected chi connectivity index (χ0v) is 21.4. The average Bonchev–Trinajstić information content (AvgIpc) is 3.62. The van der Waals surface area contributed by atoms with E-state index < -0.39 is 0 Å². The number of amidine groups is 1. The minimum atomic E-state index is -0.365. The highest BCUT2D eigenvalue weighted by Gasteiger charge is 2.34. The lowest BCUT2D eigenvalue weighted by Gasteiger charge is -2.26. The lowest BCUT2D eigenvalue weighted by molar-refractivity contribution is -0.124. The number of carbonyl (C=O) groups is 3. The predicted octanol–water partition coefficient (Wildman–Crippen LogP) is 3.32. The van der Waals surface area contributed by atoms with Crippen LogP contribution in [0, 0.1) is 11.8 Å². The Kier molecular flexibility index (Phi) is 7.32. The zero-order chi connectivity index (χ0) is 25.2. The Morgan fingerprint density at radius 2 is 2.06 bits per heavy atom. The average molecular weight is 512 g/mol. The Morgan fingerprint density at radius 1 is 1.25 bits per heavy atom. The summed E-state index contributed by atoms with van der Waals surface area (Å²) in [4.78, 5) is 44.9. The maximum absolute atomic E-state index is 13.4.